The Bertz CT molecular complexity index is 972. The van der Waals surface area contributed by atoms with Crippen molar-refractivity contribution in [1.82, 2.24) is 4.90 Å². The topological polar surface area (TPSA) is 49.9 Å². The van der Waals surface area contributed by atoms with Crippen molar-refractivity contribution in [3.63, 3.8) is 0 Å². The minimum Gasteiger partial charge on any atom is -0.378 e. The van der Waals surface area contributed by atoms with Crippen molar-refractivity contribution in [3.05, 3.63) is 70.1 Å². The first-order chi connectivity index (χ1) is 14.0. The van der Waals surface area contributed by atoms with Gasteiger partial charge < -0.3 is 9.64 Å². The number of halogens is 2. The summed E-state index contributed by atoms with van der Waals surface area (Å²) in [6, 6.07) is 10.4. The molecule has 8 heteroatoms. The molecule has 2 saturated heterocycles. The highest BCUT2D eigenvalue weighted by molar-refractivity contribution is 8.18. The molecule has 29 heavy (non-hydrogen) atoms. The number of nitrogens with zero attached hydrogens (tertiary/aromatic N) is 2. The summed E-state index contributed by atoms with van der Waals surface area (Å²) in [7, 11) is 0. The van der Waals surface area contributed by atoms with Gasteiger partial charge in [-0.2, -0.15) is 0 Å². The fourth-order valence-corrected chi connectivity index (χ4v) is 4.07. The number of rotatable bonds is 4. The molecule has 4 rings (SSSR count). The minimum absolute atomic E-state index is 0.0621. The van der Waals surface area contributed by atoms with Gasteiger partial charge in [-0.3, -0.25) is 14.5 Å². The fourth-order valence-electron chi connectivity index (χ4n) is 3.23. The van der Waals surface area contributed by atoms with Crippen LogP contribution in [0.2, 0.25) is 0 Å². The van der Waals surface area contributed by atoms with E-state index in [2.05, 4.69) is 0 Å². The van der Waals surface area contributed by atoms with Crippen LogP contribution in [0.1, 0.15) is 11.1 Å². The Morgan fingerprint density at radius 1 is 1.03 bits per heavy atom. The van der Waals surface area contributed by atoms with Gasteiger partial charge in [0, 0.05) is 13.1 Å². The summed E-state index contributed by atoms with van der Waals surface area (Å²) in [5.74, 6) is -1.21. The predicted molar refractivity (Wildman–Crippen MR) is 107 cm³/mol. The highest BCUT2D eigenvalue weighted by Crippen LogP contribution is 2.34. The Kier molecular flexibility index (Phi) is 5.64. The number of morpholine rings is 1. The lowest BCUT2D eigenvalue weighted by Crippen LogP contribution is -2.36. The average molecular weight is 416 g/mol. The monoisotopic (exact) mass is 416 g/mol. The zero-order valence-electron chi connectivity index (χ0n) is 15.4. The molecule has 2 amide bonds. The normalized spacial score (nSPS) is 18.8. The summed E-state index contributed by atoms with van der Waals surface area (Å²) >= 11 is 0.812. The highest BCUT2D eigenvalue weighted by atomic mass is 32.2. The molecule has 2 aromatic carbocycles. The fraction of sp³-hybridized carbons (Fsp3) is 0.238. The molecule has 2 aliphatic rings. The summed E-state index contributed by atoms with van der Waals surface area (Å²) in [6.45, 7) is 2.43. The maximum atomic E-state index is 14.6. The molecule has 0 N–H and O–H groups in total. The van der Waals surface area contributed by atoms with Crippen LogP contribution in [0, 0.1) is 11.6 Å². The average Bonchev–Trinajstić information content (AvgIpc) is 2.98. The van der Waals surface area contributed by atoms with Gasteiger partial charge in [0.05, 0.1) is 30.4 Å². The number of imide groups is 1. The third-order valence-electron chi connectivity index (χ3n) is 4.75. The second-order valence-corrected chi connectivity index (χ2v) is 7.70. The predicted octanol–water partition coefficient (Wildman–Crippen LogP) is 4.04. The van der Waals surface area contributed by atoms with Gasteiger partial charge in [-0.1, -0.05) is 18.2 Å². The van der Waals surface area contributed by atoms with Crippen LogP contribution in [0.3, 0.4) is 0 Å². The van der Waals surface area contributed by atoms with Gasteiger partial charge in [-0.05, 0) is 53.2 Å². The van der Waals surface area contributed by atoms with E-state index in [9.17, 15) is 18.4 Å². The van der Waals surface area contributed by atoms with Gasteiger partial charge >= 0.3 is 0 Å². The molecule has 0 aliphatic carbocycles. The third-order valence-corrected chi connectivity index (χ3v) is 5.66. The maximum Gasteiger partial charge on any atom is 0.293 e. The van der Waals surface area contributed by atoms with Crippen LogP contribution in [0.5, 0.6) is 0 Å². The number of benzene rings is 2. The van der Waals surface area contributed by atoms with E-state index in [4.69, 9.17) is 4.74 Å². The summed E-state index contributed by atoms with van der Waals surface area (Å²) in [5.41, 5.74) is 1.65. The molecule has 2 heterocycles. The van der Waals surface area contributed by atoms with Gasteiger partial charge in [0.15, 0.2) is 0 Å². The second kappa shape index (κ2) is 8.34. The molecular formula is C21H18F2N2O3S. The molecule has 150 valence electrons. The zero-order chi connectivity index (χ0) is 20.4. The highest BCUT2D eigenvalue weighted by Gasteiger charge is 2.35. The van der Waals surface area contributed by atoms with E-state index >= 15 is 0 Å². The first kappa shape index (κ1) is 19.6. The van der Waals surface area contributed by atoms with E-state index in [1.165, 1.54) is 36.4 Å². The summed E-state index contributed by atoms with van der Waals surface area (Å²) in [5, 5.41) is -0.406. The largest absolute Gasteiger partial charge is 0.378 e. The van der Waals surface area contributed by atoms with Crippen molar-refractivity contribution < 1.29 is 23.1 Å². The van der Waals surface area contributed by atoms with Gasteiger partial charge in [0.25, 0.3) is 11.1 Å². The molecule has 0 atom stereocenters. The van der Waals surface area contributed by atoms with Crippen LogP contribution in [-0.2, 0) is 16.1 Å². The van der Waals surface area contributed by atoms with Gasteiger partial charge in [-0.15, -0.1) is 0 Å². The maximum absolute atomic E-state index is 14.6. The molecule has 2 aliphatic heterocycles. The Labute approximate surface area is 170 Å². The van der Waals surface area contributed by atoms with Crippen molar-refractivity contribution >= 4 is 34.7 Å². The van der Waals surface area contributed by atoms with Crippen molar-refractivity contribution in [3.8, 4) is 0 Å². The number of carbonyl (C=O) groups excluding carboxylic acids is 2. The van der Waals surface area contributed by atoms with E-state index in [1.807, 2.05) is 4.90 Å². The summed E-state index contributed by atoms with van der Waals surface area (Å²) < 4.78 is 32.9. The second-order valence-electron chi connectivity index (χ2n) is 6.70. The van der Waals surface area contributed by atoms with Crippen molar-refractivity contribution in [2.75, 3.05) is 31.2 Å². The molecule has 2 aromatic rings. The van der Waals surface area contributed by atoms with Crippen LogP contribution in [-0.4, -0.2) is 42.3 Å². The van der Waals surface area contributed by atoms with Gasteiger partial charge in [0.2, 0.25) is 0 Å². The van der Waals surface area contributed by atoms with Crippen molar-refractivity contribution in [2.45, 2.75) is 6.54 Å². The van der Waals surface area contributed by atoms with Crippen LogP contribution in [0.4, 0.5) is 19.3 Å². The van der Waals surface area contributed by atoms with E-state index in [1.54, 1.807) is 12.1 Å². The molecule has 0 radical (unpaired) electrons. The van der Waals surface area contributed by atoms with Crippen LogP contribution in [0.25, 0.3) is 6.08 Å². The van der Waals surface area contributed by atoms with Crippen LogP contribution >= 0.6 is 11.8 Å². The van der Waals surface area contributed by atoms with Gasteiger partial charge in [-0.25, -0.2) is 8.78 Å². The van der Waals surface area contributed by atoms with Crippen molar-refractivity contribution in [1.29, 1.82) is 0 Å². The lowest BCUT2D eigenvalue weighted by Gasteiger charge is -2.29. The number of hydrogen-bond acceptors (Lipinski definition) is 5. The standard InChI is InChI=1S/C21H18F2N2O3S/c22-16-4-1-14(2-5-16)13-25-20(26)19(29-21(25)27)12-15-3-6-18(17(23)11-15)24-7-9-28-10-8-24/h1-6,11-12H,7-10,13H2/b19-12-. The molecule has 0 spiro atoms. The molecule has 0 aromatic heterocycles. The Hall–Kier alpha value is -2.71. The Balaban J connectivity index is 1.50. The molecule has 2 fully saturated rings. The summed E-state index contributed by atoms with van der Waals surface area (Å²) in [4.78, 5) is 28.1. The molecule has 0 saturated carbocycles. The molecule has 5 nitrogen and oxygen atoms in total. The lowest BCUT2D eigenvalue weighted by molar-refractivity contribution is -0.123. The van der Waals surface area contributed by atoms with Crippen LogP contribution in [0.15, 0.2) is 47.4 Å². The number of hydrogen-bond donors (Lipinski definition) is 0. The van der Waals surface area contributed by atoms with Crippen molar-refractivity contribution in [2.24, 2.45) is 0 Å². The number of carbonyl (C=O) groups is 2. The first-order valence-electron chi connectivity index (χ1n) is 9.13. The minimum atomic E-state index is -0.443. The smallest absolute Gasteiger partial charge is 0.293 e. The van der Waals surface area contributed by atoms with E-state index in [0.29, 0.717) is 43.1 Å². The number of thioether (sulfide) groups is 1. The lowest BCUT2D eigenvalue weighted by atomic mass is 10.1. The van der Waals surface area contributed by atoms with E-state index in [-0.39, 0.29) is 23.1 Å². The third kappa shape index (κ3) is 4.33. The molecular weight excluding hydrogens is 398 g/mol. The number of anilines is 1. The summed E-state index contributed by atoms with van der Waals surface area (Å²) in [6.07, 6.45) is 1.52. The first-order valence-corrected chi connectivity index (χ1v) is 9.95. The Morgan fingerprint density at radius 3 is 2.45 bits per heavy atom. The zero-order valence-corrected chi connectivity index (χ0v) is 16.3. The van der Waals surface area contributed by atoms with E-state index in [0.717, 1.165) is 16.7 Å². The molecule has 0 bridgehead atoms. The Morgan fingerprint density at radius 2 is 1.76 bits per heavy atom. The van der Waals surface area contributed by atoms with E-state index < -0.39 is 11.1 Å². The molecule has 0 unspecified atom stereocenters. The van der Waals surface area contributed by atoms with Gasteiger partial charge in [0.1, 0.15) is 11.6 Å². The SMILES string of the molecule is O=C1S/C(=C\c2ccc(N3CCOCC3)c(F)c2)C(=O)N1Cc1ccc(F)cc1. The quantitative estimate of drug-likeness (QED) is 0.705. The van der Waals surface area contributed by atoms with Crippen LogP contribution < -0.4 is 4.90 Å². The number of amides is 2. The number of ether oxygens (including phenoxy) is 1.